The summed E-state index contributed by atoms with van der Waals surface area (Å²) in [5.74, 6) is 0.802. The van der Waals surface area contributed by atoms with Crippen molar-refractivity contribution >= 4 is 6.03 Å². The summed E-state index contributed by atoms with van der Waals surface area (Å²) >= 11 is 0. The molecule has 1 aromatic carbocycles. The van der Waals surface area contributed by atoms with Gasteiger partial charge in [0.2, 0.25) is 0 Å². The molecule has 2 aromatic rings. The van der Waals surface area contributed by atoms with E-state index in [9.17, 15) is 4.79 Å². The molecule has 0 saturated heterocycles. The highest BCUT2D eigenvalue weighted by Crippen LogP contribution is 2.12. The summed E-state index contributed by atoms with van der Waals surface area (Å²) in [7, 11) is 0. The summed E-state index contributed by atoms with van der Waals surface area (Å²) in [6.45, 7) is 4.84. The largest absolute Gasteiger partial charge is 0.489 e. The first-order valence-electron chi connectivity index (χ1n) is 7.27. The standard InChI is InChI=1S/C17H21N3O2/c1-13-5-7-16(8-6-13)22-14(2)10-19-17(21)20-12-15-4-3-9-18-11-15/h3-9,11,14H,10,12H2,1-2H3,(H2,19,20,21)/t14-/m1/s1. The van der Waals surface area contributed by atoms with Crippen LogP contribution in [-0.2, 0) is 6.54 Å². The van der Waals surface area contributed by atoms with Crippen molar-refractivity contribution in [2.45, 2.75) is 26.5 Å². The minimum absolute atomic E-state index is 0.105. The molecule has 1 heterocycles. The molecule has 2 amide bonds. The Morgan fingerprint density at radius 3 is 2.68 bits per heavy atom. The zero-order chi connectivity index (χ0) is 15.8. The van der Waals surface area contributed by atoms with Crippen molar-refractivity contribution < 1.29 is 9.53 Å². The van der Waals surface area contributed by atoms with E-state index in [1.165, 1.54) is 5.56 Å². The van der Waals surface area contributed by atoms with Gasteiger partial charge >= 0.3 is 6.03 Å². The van der Waals surface area contributed by atoms with Crippen LogP contribution in [0.2, 0.25) is 0 Å². The van der Waals surface area contributed by atoms with Gasteiger partial charge in [-0.25, -0.2) is 4.79 Å². The second kappa shape index (κ2) is 8.02. The van der Waals surface area contributed by atoms with E-state index in [0.717, 1.165) is 11.3 Å². The molecule has 0 saturated carbocycles. The van der Waals surface area contributed by atoms with Gasteiger partial charge in [0, 0.05) is 18.9 Å². The smallest absolute Gasteiger partial charge is 0.315 e. The number of rotatable bonds is 6. The molecule has 22 heavy (non-hydrogen) atoms. The third-order valence-electron chi connectivity index (χ3n) is 3.08. The maximum absolute atomic E-state index is 11.7. The van der Waals surface area contributed by atoms with Gasteiger partial charge in [-0.15, -0.1) is 0 Å². The maximum atomic E-state index is 11.7. The first-order chi connectivity index (χ1) is 10.6. The first kappa shape index (κ1) is 15.8. The molecule has 0 fully saturated rings. The monoisotopic (exact) mass is 299 g/mol. The number of carbonyl (C=O) groups excluding carboxylic acids is 1. The van der Waals surface area contributed by atoms with Crippen LogP contribution in [0.15, 0.2) is 48.8 Å². The number of aryl methyl sites for hydroxylation is 1. The summed E-state index contributed by atoms with van der Waals surface area (Å²) < 4.78 is 5.73. The fourth-order valence-corrected chi connectivity index (χ4v) is 1.87. The van der Waals surface area contributed by atoms with Crippen LogP contribution in [0.3, 0.4) is 0 Å². The average molecular weight is 299 g/mol. The van der Waals surface area contributed by atoms with Crippen molar-refractivity contribution in [1.29, 1.82) is 0 Å². The fourth-order valence-electron chi connectivity index (χ4n) is 1.87. The predicted octanol–water partition coefficient (Wildman–Crippen LogP) is 2.66. The second-order valence-electron chi connectivity index (χ2n) is 5.17. The number of amides is 2. The van der Waals surface area contributed by atoms with Gasteiger partial charge in [0.1, 0.15) is 11.9 Å². The number of carbonyl (C=O) groups is 1. The van der Waals surface area contributed by atoms with Crippen molar-refractivity contribution in [2.24, 2.45) is 0 Å². The van der Waals surface area contributed by atoms with Gasteiger partial charge in [0.25, 0.3) is 0 Å². The number of hydrogen-bond donors (Lipinski definition) is 2. The molecule has 0 aliphatic heterocycles. The Hall–Kier alpha value is -2.56. The topological polar surface area (TPSA) is 63.2 Å². The van der Waals surface area contributed by atoms with E-state index in [1.54, 1.807) is 12.4 Å². The molecule has 0 aliphatic carbocycles. The van der Waals surface area contributed by atoms with Crippen LogP contribution in [0.4, 0.5) is 4.79 Å². The number of ether oxygens (including phenoxy) is 1. The minimum Gasteiger partial charge on any atom is -0.489 e. The van der Waals surface area contributed by atoms with E-state index < -0.39 is 0 Å². The first-order valence-corrected chi connectivity index (χ1v) is 7.27. The van der Waals surface area contributed by atoms with Gasteiger partial charge in [0.15, 0.2) is 0 Å². The quantitative estimate of drug-likeness (QED) is 0.862. The van der Waals surface area contributed by atoms with E-state index in [1.807, 2.05) is 50.2 Å². The highest BCUT2D eigenvalue weighted by molar-refractivity contribution is 5.73. The Labute approximate surface area is 130 Å². The van der Waals surface area contributed by atoms with Crippen molar-refractivity contribution in [3.05, 3.63) is 59.9 Å². The predicted molar refractivity (Wildman–Crippen MR) is 85.7 cm³/mol. The van der Waals surface area contributed by atoms with Crippen LogP contribution in [0, 0.1) is 6.92 Å². The van der Waals surface area contributed by atoms with Crippen LogP contribution in [0.5, 0.6) is 5.75 Å². The highest BCUT2D eigenvalue weighted by atomic mass is 16.5. The molecule has 0 unspecified atom stereocenters. The van der Waals surface area contributed by atoms with Gasteiger partial charge in [-0.3, -0.25) is 4.98 Å². The number of aromatic nitrogens is 1. The molecule has 5 heteroatoms. The third-order valence-corrected chi connectivity index (χ3v) is 3.08. The molecule has 1 aromatic heterocycles. The van der Waals surface area contributed by atoms with Gasteiger partial charge in [-0.05, 0) is 37.6 Å². The van der Waals surface area contributed by atoms with E-state index in [2.05, 4.69) is 15.6 Å². The molecule has 0 spiro atoms. The fraction of sp³-hybridized carbons (Fsp3) is 0.294. The number of urea groups is 1. The van der Waals surface area contributed by atoms with Crippen LogP contribution in [-0.4, -0.2) is 23.7 Å². The normalized spacial score (nSPS) is 11.5. The lowest BCUT2D eigenvalue weighted by Gasteiger charge is -2.16. The Morgan fingerprint density at radius 1 is 1.23 bits per heavy atom. The summed E-state index contributed by atoms with van der Waals surface area (Å²) in [5.41, 5.74) is 2.15. The number of nitrogens with zero attached hydrogens (tertiary/aromatic N) is 1. The molecule has 0 aliphatic rings. The zero-order valence-electron chi connectivity index (χ0n) is 12.9. The number of pyridine rings is 1. The highest BCUT2D eigenvalue weighted by Gasteiger charge is 2.06. The summed E-state index contributed by atoms with van der Waals surface area (Å²) in [6, 6.07) is 11.4. The Bertz CT molecular complexity index is 585. The van der Waals surface area contributed by atoms with Crippen molar-refractivity contribution in [3.63, 3.8) is 0 Å². The average Bonchev–Trinajstić information content (AvgIpc) is 2.54. The van der Waals surface area contributed by atoms with Crippen molar-refractivity contribution in [3.8, 4) is 5.75 Å². The van der Waals surface area contributed by atoms with E-state index in [-0.39, 0.29) is 12.1 Å². The summed E-state index contributed by atoms with van der Waals surface area (Å²) in [5, 5.41) is 5.57. The van der Waals surface area contributed by atoms with Gasteiger partial charge in [-0.1, -0.05) is 23.8 Å². The Morgan fingerprint density at radius 2 is 2.00 bits per heavy atom. The van der Waals surface area contributed by atoms with Crippen molar-refractivity contribution in [1.82, 2.24) is 15.6 Å². The molecule has 116 valence electrons. The van der Waals surface area contributed by atoms with Crippen LogP contribution in [0.1, 0.15) is 18.1 Å². The van der Waals surface area contributed by atoms with Crippen molar-refractivity contribution in [2.75, 3.05) is 6.54 Å². The molecule has 0 bridgehead atoms. The maximum Gasteiger partial charge on any atom is 0.315 e. The molecule has 2 rings (SSSR count). The molecular formula is C17H21N3O2. The summed E-state index contributed by atoms with van der Waals surface area (Å²) in [4.78, 5) is 15.7. The van der Waals surface area contributed by atoms with Crippen LogP contribution < -0.4 is 15.4 Å². The van der Waals surface area contributed by atoms with Gasteiger partial charge in [0.05, 0.1) is 6.54 Å². The number of benzene rings is 1. The van der Waals surface area contributed by atoms with Crippen LogP contribution in [0.25, 0.3) is 0 Å². The second-order valence-corrected chi connectivity index (χ2v) is 5.17. The van der Waals surface area contributed by atoms with Gasteiger partial charge < -0.3 is 15.4 Å². The molecule has 1 atom stereocenters. The van der Waals surface area contributed by atoms with Gasteiger partial charge in [-0.2, -0.15) is 0 Å². The Balaban J connectivity index is 1.68. The zero-order valence-corrected chi connectivity index (χ0v) is 12.9. The SMILES string of the molecule is Cc1ccc(O[C@H](C)CNC(=O)NCc2cccnc2)cc1. The lowest BCUT2D eigenvalue weighted by molar-refractivity contribution is 0.207. The lowest BCUT2D eigenvalue weighted by atomic mass is 10.2. The molecule has 0 radical (unpaired) electrons. The minimum atomic E-state index is -0.219. The molecule has 2 N–H and O–H groups in total. The molecular weight excluding hydrogens is 278 g/mol. The number of nitrogens with one attached hydrogen (secondary N) is 2. The lowest BCUT2D eigenvalue weighted by Crippen LogP contribution is -2.40. The number of hydrogen-bond acceptors (Lipinski definition) is 3. The summed E-state index contributed by atoms with van der Waals surface area (Å²) in [6.07, 6.45) is 3.32. The Kier molecular flexibility index (Phi) is 5.77. The van der Waals surface area contributed by atoms with E-state index in [0.29, 0.717) is 13.1 Å². The third kappa shape index (κ3) is 5.44. The van der Waals surface area contributed by atoms with Crippen LogP contribution >= 0.6 is 0 Å². The van der Waals surface area contributed by atoms with E-state index in [4.69, 9.17) is 4.74 Å². The van der Waals surface area contributed by atoms with E-state index >= 15 is 0 Å². The molecule has 5 nitrogen and oxygen atoms in total.